The lowest BCUT2D eigenvalue weighted by Gasteiger charge is -2.21. The van der Waals surface area contributed by atoms with Gasteiger partial charge in [-0.2, -0.15) is 0 Å². The van der Waals surface area contributed by atoms with E-state index in [9.17, 15) is 5.11 Å². The Hall–Kier alpha value is -2.92. The first-order valence-electron chi connectivity index (χ1n) is 9.01. The average Bonchev–Trinajstić information content (AvgIpc) is 2.72. The van der Waals surface area contributed by atoms with Crippen LogP contribution in [0.25, 0.3) is 0 Å². The summed E-state index contributed by atoms with van der Waals surface area (Å²) in [7, 11) is 1.68. The third kappa shape index (κ3) is 5.79. The number of ether oxygens (including phenoxy) is 3. The van der Waals surface area contributed by atoms with E-state index in [2.05, 4.69) is 18.2 Å². The summed E-state index contributed by atoms with van der Waals surface area (Å²) in [5.74, 6) is 1.68. The van der Waals surface area contributed by atoms with Gasteiger partial charge in [-0.15, -0.1) is 0 Å². The molecule has 2 aromatic rings. The number of aliphatic hydroxyl groups is 1. The Morgan fingerprint density at radius 3 is 2.67 bits per heavy atom. The molecule has 0 unspecified atom stereocenters. The van der Waals surface area contributed by atoms with E-state index in [1.54, 1.807) is 32.0 Å². The Morgan fingerprint density at radius 1 is 1.04 bits per heavy atom. The molecule has 5 heteroatoms. The number of aryl methyl sites for hydroxylation is 2. The van der Waals surface area contributed by atoms with Gasteiger partial charge >= 0.3 is 0 Å². The van der Waals surface area contributed by atoms with E-state index in [1.165, 1.54) is 5.56 Å². The smallest absolute Gasteiger partial charge is 0.122 e. The second kappa shape index (κ2) is 9.69. The third-order valence-electron chi connectivity index (χ3n) is 4.30. The third-order valence-corrected chi connectivity index (χ3v) is 4.30. The quantitative estimate of drug-likeness (QED) is 0.735. The number of aliphatic hydroxyl groups excluding tert-OH is 1. The van der Waals surface area contributed by atoms with E-state index < -0.39 is 6.10 Å². The fourth-order valence-corrected chi connectivity index (χ4v) is 2.88. The van der Waals surface area contributed by atoms with Crippen LogP contribution in [0.2, 0.25) is 0 Å². The zero-order valence-electron chi connectivity index (χ0n) is 15.5. The van der Waals surface area contributed by atoms with Gasteiger partial charge in [0.05, 0.1) is 13.7 Å². The van der Waals surface area contributed by atoms with Crippen LogP contribution >= 0.6 is 0 Å². The minimum absolute atomic E-state index is 0.231. The van der Waals surface area contributed by atoms with E-state index >= 15 is 0 Å². The molecule has 3 rings (SSSR count). The van der Waals surface area contributed by atoms with Gasteiger partial charge in [-0.05, 0) is 42.2 Å². The molecule has 1 aliphatic rings. The standard InChI is InChI=1S/C22H25NO4/c1-25-21-7-4-5-18(15-21)9-10-19-6-2-3-8-22(19)27-17-20(24)16-23-11-13-26-14-12-23/h2-8,11-15,20,24H,9-10,16-17H2,1H3/t20-/m1/s1. The van der Waals surface area contributed by atoms with Gasteiger partial charge in [0.15, 0.2) is 0 Å². The van der Waals surface area contributed by atoms with Crippen molar-refractivity contribution in [1.82, 2.24) is 4.90 Å². The molecule has 0 fully saturated rings. The van der Waals surface area contributed by atoms with Crippen LogP contribution in [0.15, 0.2) is 73.5 Å². The molecule has 0 aliphatic carbocycles. The van der Waals surface area contributed by atoms with Gasteiger partial charge in [-0.25, -0.2) is 0 Å². The van der Waals surface area contributed by atoms with Crippen molar-refractivity contribution in [3.63, 3.8) is 0 Å². The van der Waals surface area contributed by atoms with Crippen LogP contribution in [0.5, 0.6) is 11.5 Å². The summed E-state index contributed by atoms with van der Waals surface area (Å²) in [6.07, 6.45) is 7.82. The Bertz CT molecular complexity index is 775. The molecule has 142 valence electrons. The molecule has 1 N–H and O–H groups in total. The normalized spacial score (nSPS) is 13.9. The first kappa shape index (κ1) is 18.9. The Morgan fingerprint density at radius 2 is 1.85 bits per heavy atom. The fourth-order valence-electron chi connectivity index (χ4n) is 2.88. The maximum Gasteiger partial charge on any atom is 0.122 e. The van der Waals surface area contributed by atoms with Crippen molar-refractivity contribution in [1.29, 1.82) is 0 Å². The van der Waals surface area contributed by atoms with Crippen LogP contribution < -0.4 is 9.47 Å². The summed E-state index contributed by atoms with van der Waals surface area (Å²) < 4.78 is 16.2. The van der Waals surface area contributed by atoms with Gasteiger partial charge in [0.25, 0.3) is 0 Å². The number of hydrogen-bond donors (Lipinski definition) is 1. The van der Waals surface area contributed by atoms with Crippen LogP contribution in [0.1, 0.15) is 11.1 Å². The fraction of sp³-hybridized carbons (Fsp3) is 0.273. The number of benzene rings is 2. The first-order valence-corrected chi connectivity index (χ1v) is 9.01. The monoisotopic (exact) mass is 367 g/mol. The molecule has 0 bridgehead atoms. The summed E-state index contributed by atoms with van der Waals surface area (Å²) in [5, 5.41) is 10.2. The molecule has 0 saturated carbocycles. The summed E-state index contributed by atoms with van der Waals surface area (Å²) in [5.41, 5.74) is 2.34. The molecule has 0 saturated heterocycles. The lowest BCUT2D eigenvalue weighted by atomic mass is 10.0. The molecule has 0 amide bonds. The SMILES string of the molecule is COc1cccc(CCc2ccccc2OC[C@H](O)CN2C=COC=C2)c1. The Kier molecular flexibility index (Phi) is 6.77. The van der Waals surface area contributed by atoms with Crippen molar-refractivity contribution >= 4 is 0 Å². The minimum Gasteiger partial charge on any atom is -0.497 e. The van der Waals surface area contributed by atoms with Gasteiger partial charge in [0, 0.05) is 12.4 Å². The Balaban J connectivity index is 1.54. The predicted molar refractivity (Wildman–Crippen MR) is 104 cm³/mol. The van der Waals surface area contributed by atoms with Gasteiger partial charge in [0.1, 0.15) is 36.7 Å². The molecule has 0 radical (unpaired) electrons. The van der Waals surface area contributed by atoms with E-state index in [1.807, 2.05) is 35.2 Å². The summed E-state index contributed by atoms with van der Waals surface area (Å²) in [6, 6.07) is 16.1. The topological polar surface area (TPSA) is 51.2 Å². The average molecular weight is 367 g/mol. The van der Waals surface area contributed by atoms with Crippen molar-refractivity contribution in [2.24, 2.45) is 0 Å². The highest BCUT2D eigenvalue weighted by Gasteiger charge is 2.11. The van der Waals surface area contributed by atoms with Crippen LogP contribution in [0, 0.1) is 0 Å². The number of β-amino-alcohol motifs (C(OH)–C–C–N with tert-alkyl or cyclic N) is 1. The largest absolute Gasteiger partial charge is 0.497 e. The van der Waals surface area contributed by atoms with Crippen LogP contribution in [0.3, 0.4) is 0 Å². The van der Waals surface area contributed by atoms with Gasteiger partial charge in [-0.3, -0.25) is 0 Å². The molecule has 0 aromatic heterocycles. The van der Waals surface area contributed by atoms with Gasteiger partial charge in [0.2, 0.25) is 0 Å². The molecular formula is C22H25NO4. The molecule has 1 aliphatic heterocycles. The highest BCUT2D eigenvalue weighted by Crippen LogP contribution is 2.21. The summed E-state index contributed by atoms with van der Waals surface area (Å²) >= 11 is 0. The number of rotatable bonds is 9. The van der Waals surface area contributed by atoms with E-state index in [4.69, 9.17) is 14.2 Å². The maximum absolute atomic E-state index is 10.2. The first-order chi connectivity index (χ1) is 13.2. The zero-order chi connectivity index (χ0) is 18.9. The molecule has 27 heavy (non-hydrogen) atoms. The summed E-state index contributed by atoms with van der Waals surface area (Å²) in [6.45, 7) is 0.678. The zero-order valence-corrected chi connectivity index (χ0v) is 15.5. The van der Waals surface area contributed by atoms with E-state index in [0.717, 1.165) is 29.9 Å². The van der Waals surface area contributed by atoms with E-state index in [0.29, 0.717) is 6.54 Å². The van der Waals surface area contributed by atoms with Crippen molar-refractivity contribution in [3.05, 3.63) is 84.6 Å². The molecule has 2 aromatic carbocycles. The number of hydrogen-bond acceptors (Lipinski definition) is 5. The second-order valence-corrected chi connectivity index (χ2v) is 6.33. The van der Waals surface area contributed by atoms with Crippen molar-refractivity contribution in [2.45, 2.75) is 18.9 Å². The molecule has 0 spiro atoms. The highest BCUT2D eigenvalue weighted by atomic mass is 16.5. The second-order valence-electron chi connectivity index (χ2n) is 6.33. The summed E-state index contributed by atoms with van der Waals surface area (Å²) in [4.78, 5) is 1.85. The van der Waals surface area contributed by atoms with Crippen LogP contribution in [0.4, 0.5) is 0 Å². The van der Waals surface area contributed by atoms with Gasteiger partial charge < -0.3 is 24.2 Å². The lowest BCUT2D eigenvalue weighted by molar-refractivity contribution is 0.0888. The lowest BCUT2D eigenvalue weighted by Crippen LogP contribution is -2.30. The highest BCUT2D eigenvalue weighted by molar-refractivity contribution is 5.35. The molecule has 1 atom stereocenters. The maximum atomic E-state index is 10.2. The van der Waals surface area contributed by atoms with E-state index in [-0.39, 0.29) is 6.61 Å². The van der Waals surface area contributed by atoms with Gasteiger partial charge in [-0.1, -0.05) is 30.3 Å². The Labute approximate surface area is 160 Å². The predicted octanol–water partition coefficient (Wildman–Crippen LogP) is 3.49. The number of methoxy groups -OCH3 is 1. The van der Waals surface area contributed by atoms with Crippen molar-refractivity contribution in [2.75, 3.05) is 20.3 Å². The molecular weight excluding hydrogens is 342 g/mol. The van der Waals surface area contributed by atoms with Crippen LogP contribution in [-0.2, 0) is 17.6 Å². The molecule has 1 heterocycles. The number of para-hydroxylation sites is 1. The van der Waals surface area contributed by atoms with Crippen LogP contribution in [-0.4, -0.2) is 36.4 Å². The number of nitrogens with zero attached hydrogens (tertiary/aromatic N) is 1. The van der Waals surface area contributed by atoms with Crippen molar-refractivity contribution in [3.8, 4) is 11.5 Å². The minimum atomic E-state index is -0.608. The molecule has 5 nitrogen and oxygen atoms in total. The van der Waals surface area contributed by atoms with Crippen molar-refractivity contribution < 1.29 is 19.3 Å².